The molecule has 0 aliphatic heterocycles. The van der Waals surface area contributed by atoms with E-state index >= 15 is 0 Å². The van der Waals surface area contributed by atoms with Gasteiger partial charge in [0.2, 0.25) is 10.0 Å². The third-order valence-corrected chi connectivity index (χ3v) is 5.71. The van der Waals surface area contributed by atoms with Gasteiger partial charge >= 0.3 is 0 Å². The minimum Gasteiger partial charge on any atom is -0.392 e. The molecule has 1 aromatic rings. The third kappa shape index (κ3) is 5.36. The first-order chi connectivity index (χ1) is 8.10. The summed E-state index contributed by atoms with van der Waals surface area (Å²) in [5.41, 5.74) is -0.0309. The summed E-state index contributed by atoms with van der Waals surface area (Å²) in [6, 6.07) is 3.22. The van der Waals surface area contributed by atoms with Gasteiger partial charge in [0.1, 0.15) is 4.21 Å². The van der Waals surface area contributed by atoms with Gasteiger partial charge in [-0.25, -0.2) is 13.1 Å². The maximum atomic E-state index is 11.9. The van der Waals surface area contributed by atoms with Crippen LogP contribution in [0.2, 0.25) is 0 Å². The lowest BCUT2D eigenvalue weighted by Crippen LogP contribution is -2.33. The Balaban J connectivity index is 2.58. The molecule has 0 amide bonds. The zero-order valence-electron chi connectivity index (χ0n) is 10.6. The topological polar surface area (TPSA) is 66.4 Å². The summed E-state index contributed by atoms with van der Waals surface area (Å²) in [5, 5.41) is 9.77. The number of rotatable bonds is 5. The van der Waals surface area contributed by atoms with E-state index in [1.807, 2.05) is 20.8 Å². The Morgan fingerprint density at radius 1 is 1.44 bits per heavy atom. The zero-order chi connectivity index (χ0) is 14.0. The van der Waals surface area contributed by atoms with Crippen molar-refractivity contribution in [1.29, 1.82) is 0 Å². The van der Waals surface area contributed by atoms with E-state index in [9.17, 15) is 13.5 Å². The molecule has 104 valence electrons. The third-order valence-electron chi connectivity index (χ3n) is 2.17. The second kappa shape index (κ2) is 6.00. The van der Waals surface area contributed by atoms with Gasteiger partial charge < -0.3 is 5.11 Å². The highest BCUT2D eigenvalue weighted by atomic mass is 79.9. The molecule has 0 aliphatic rings. The molecule has 1 atom stereocenters. The number of sulfonamides is 1. The molecule has 0 aromatic carbocycles. The van der Waals surface area contributed by atoms with Gasteiger partial charge in [-0.3, -0.25) is 0 Å². The van der Waals surface area contributed by atoms with Gasteiger partial charge in [-0.2, -0.15) is 0 Å². The molecule has 0 bridgehead atoms. The first-order valence-electron chi connectivity index (χ1n) is 5.53. The SMILES string of the molecule is CC(C)(C)CC(O)CNS(=O)(=O)c1ccc(Br)s1. The fraction of sp³-hybridized carbons (Fsp3) is 0.636. The Kier molecular flexibility index (Phi) is 5.37. The highest BCUT2D eigenvalue weighted by Crippen LogP contribution is 2.26. The Morgan fingerprint density at radius 3 is 2.50 bits per heavy atom. The van der Waals surface area contributed by atoms with E-state index in [0.717, 1.165) is 15.1 Å². The van der Waals surface area contributed by atoms with Gasteiger partial charge in [0.05, 0.1) is 9.89 Å². The molecule has 7 heteroatoms. The molecule has 1 heterocycles. The average molecular weight is 356 g/mol. The molecular weight excluding hydrogens is 338 g/mol. The van der Waals surface area contributed by atoms with Crippen LogP contribution in [-0.2, 0) is 10.0 Å². The molecular formula is C11H18BrNO3S2. The molecule has 18 heavy (non-hydrogen) atoms. The Labute approximate surface area is 121 Å². The first-order valence-corrected chi connectivity index (χ1v) is 8.62. The van der Waals surface area contributed by atoms with Crippen molar-refractivity contribution in [3.05, 3.63) is 15.9 Å². The molecule has 1 unspecified atom stereocenters. The number of halogens is 1. The van der Waals surface area contributed by atoms with Gasteiger partial charge in [0, 0.05) is 6.54 Å². The van der Waals surface area contributed by atoms with Crippen LogP contribution < -0.4 is 4.72 Å². The van der Waals surface area contributed by atoms with Crippen molar-refractivity contribution in [3.8, 4) is 0 Å². The predicted molar refractivity (Wildman–Crippen MR) is 77.3 cm³/mol. The van der Waals surface area contributed by atoms with Crippen LogP contribution in [0.15, 0.2) is 20.1 Å². The van der Waals surface area contributed by atoms with Crippen LogP contribution in [0.1, 0.15) is 27.2 Å². The van der Waals surface area contributed by atoms with Crippen LogP contribution >= 0.6 is 27.3 Å². The van der Waals surface area contributed by atoms with Gasteiger partial charge in [0.15, 0.2) is 0 Å². The molecule has 0 radical (unpaired) electrons. The molecule has 0 fully saturated rings. The normalized spacial score (nSPS) is 14.7. The van der Waals surface area contributed by atoms with E-state index in [2.05, 4.69) is 20.7 Å². The molecule has 4 nitrogen and oxygen atoms in total. The summed E-state index contributed by atoms with van der Waals surface area (Å²) in [6.45, 7) is 6.04. The fourth-order valence-electron chi connectivity index (χ4n) is 1.50. The molecule has 0 saturated heterocycles. The monoisotopic (exact) mass is 355 g/mol. The van der Waals surface area contributed by atoms with Crippen molar-refractivity contribution < 1.29 is 13.5 Å². The van der Waals surface area contributed by atoms with E-state index in [1.165, 1.54) is 6.07 Å². The number of aliphatic hydroxyl groups excluding tert-OH is 1. The van der Waals surface area contributed by atoms with Crippen molar-refractivity contribution >= 4 is 37.3 Å². The second-order valence-electron chi connectivity index (χ2n) is 5.33. The maximum Gasteiger partial charge on any atom is 0.250 e. The summed E-state index contributed by atoms with van der Waals surface area (Å²) in [7, 11) is -3.51. The number of hydrogen-bond acceptors (Lipinski definition) is 4. The average Bonchev–Trinajstić information content (AvgIpc) is 2.60. The summed E-state index contributed by atoms with van der Waals surface area (Å²) in [6.07, 6.45) is -0.132. The van der Waals surface area contributed by atoms with Gasteiger partial charge in [-0.1, -0.05) is 20.8 Å². The molecule has 1 rings (SSSR count). The maximum absolute atomic E-state index is 11.9. The predicted octanol–water partition coefficient (Wildman–Crippen LogP) is 2.59. The lowest BCUT2D eigenvalue weighted by Gasteiger charge is -2.22. The van der Waals surface area contributed by atoms with Gasteiger partial charge in [-0.15, -0.1) is 11.3 Å². The second-order valence-corrected chi connectivity index (χ2v) is 9.79. The molecule has 2 N–H and O–H groups in total. The van der Waals surface area contributed by atoms with Crippen molar-refractivity contribution in [2.75, 3.05) is 6.54 Å². The Bertz CT molecular complexity index is 491. The minimum atomic E-state index is -3.51. The zero-order valence-corrected chi connectivity index (χ0v) is 13.8. The first kappa shape index (κ1) is 16.1. The smallest absolute Gasteiger partial charge is 0.250 e. The number of thiophene rings is 1. The van der Waals surface area contributed by atoms with Crippen LogP contribution in [0.25, 0.3) is 0 Å². The summed E-state index contributed by atoms with van der Waals surface area (Å²) >= 11 is 4.37. The Hall–Kier alpha value is 0.0500. The molecule has 0 aliphatic carbocycles. The van der Waals surface area contributed by atoms with E-state index in [0.29, 0.717) is 6.42 Å². The van der Waals surface area contributed by atoms with Crippen molar-refractivity contribution in [3.63, 3.8) is 0 Å². The quantitative estimate of drug-likeness (QED) is 0.852. The molecule has 1 aromatic heterocycles. The highest BCUT2D eigenvalue weighted by molar-refractivity contribution is 9.11. The number of nitrogens with one attached hydrogen (secondary N) is 1. The molecule has 0 spiro atoms. The standard InChI is InChI=1S/C11H18BrNO3S2/c1-11(2,3)6-8(14)7-13-18(15,16)10-5-4-9(12)17-10/h4-5,8,13-14H,6-7H2,1-3H3. The summed E-state index contributed by atoms with van der Waals surface area (Å²) in [5.74, 6) is 0. The summed E-state index contributed by atoms with van der Waals surface area (Å²) in [4.78, 5) is 0. The van der Waals surface area contributed by atoms with Crippen LogP contribution in [0.5, 0.6) is 0 Å². The van der Waals surface area contributed by atoms with Crippen molar-refractivity contribution in [2.45, 2.75) is 37.5 Å². The van der Waals surface area contributed by atoms with E-state index < -0.39 is 16.1 Å². The van der Waals surface area contributed by atoms with E-state index in [4.69, 9.17) is 0 Å². The van der Waals surface area contributed by atoms with Crippen molar-refractivity contribution in [2.24, 2.45) is 5.41 Å². The Morgan fingerprint density at radius 2 is 2.06 bits per heavy atom. The lowest BCUT2D eigenvalue weighted by atomic mass is 9.89. The van der Waals surface area contributed by atoms with Crippen LogP contribution in [0.4, 0.5) is 0 Å². The van der Waals surface area contributed by atoms with Gasteiger partial charge in [0.25, 0.3) is 0 Å². The minimum absolute atomic E-state index is 0.0309. The lowest BCUT2D eigenvalue weighted by molar-refractivity contribution is 0.125. The van der Waals surface area contributed by atoms with Crippen LogP contribution in [0.3, 0.4) is 0 Å². The van der Waals surface area contributed by atoms with E-state index in [1.54, 1.807) is 6.07 Å². The van der Waals surface area contributed by atoms with Crippen LogP contribution in [-0.4, -0.2) is 26.2 Å². The highest BCUT2D eigenvalue weighted by Gasteiger charge is 2.21. The van der Waals surface area contributed by atoms with Crippen molar-refractivity contribution in [1.82, 2.24) is 4.72 Å². The van der Waals surface area contributed by atoms with E-state index in [-0.39, 0.29) is 16.2 Å². The largest absolute Gasteiger partial charge is 0.392 e. The number of aliphatic hydroxyl groups is 1. The molecule has 0 saturated carbocycles. The van der Waals surface area contributed by atoms with Crippen LogP contribution in [0, 0.1) is 5.41 Å². The number of hydrogen-bond donors (Lipinski definition) is 2. The van der Waals surface area contributed by atoms with Gasteiger partial charge in [-0.05, 0) is 39.9 Å². The fourth-order valence-corrected chi connectivity index (χ4v) is 4.63. The summed E-state index contributed by atoms with van der Waals surface area (Å²) < 4.78 is 27.2.